The van der Waals surface area contributed by atoms with Gasteiger partial charge in [0.2, 0.25) is 11.7 Å². The Morgan fingerprint density at radius 1 is 1.14 bits per heavy atom. The number of anilines is 2. The number of ether oxygens (including phenoxy) is 1. The zero-order valence-corrected chi connectivity index (χ0v) is 20.0. The van der Waals surface area contributed by atoms with Crippen LogP contribution in [0.1, 0.15) is 26.7 Å². The van der Waals surface area contributed by atoms with Gasteiger partial charge in [0.1, 0.15) is 11.3 Å². The number of nitro groups is 1. The van der Waals surface area contributed by atoms with E-state index in [4.69, 9.17) is 10.5 Å². The Balaban J connectivity index is 1.73. The molecule has 10 nitrogen and oxygen atoms in total. The number of hydrogen-bond donors (Lipinski definition) is 2. The van der Waals surface area contributed by atoms with Gasteiger partial charge >= 0.3 is 11.8 Å². The number of carbonyl (C=O) groups is 2. The summed E-state index contributed by atoms with van der Waals surface area (Å²) in [5.74, 6) is -1.18. The molecule has 2 aromatic rings. The normalized spacial score (nSPS) is 14.5. The third-order valence-electron chi connectivity index (χ3n) is 5.93. The molecule has 1 saturated heterocycles. The van der Waals surface area contributed by atoms with Gasteiger partial charge in [0, 0.05) is 43.9 Å². The third-order valence-corrected chi connectivity index (χ3v) is 5.93. The number of primary amides is 1. The van der Waals surface area contributed by atoms with E-state index in [9.17, 15) is 19.7 Å². The summed E-state index contributed by atoms with van der Waals surface area (Å²) in [5, 5.41) is 14.5. The van der Waals surface area contributed by atoms with Gasteiger partial charge in [0.05, 0.1) is 4.92 Å². The number of rotatable bonds is 8. The Hall–Kier alpha value is -3.73. The highest BCUT2D eigenvalue weighted by Gasteiger charge is 2.29. The summed E-state index contributed by atoms with van der Waals surface area (Å²) in [4.78, 5) is 38.2. The van der Waals surface area contributed by atoms with Gasteiger partial charge in [0.15, 0.2) is 0 Å². The lowest BCUT2D eigenvalue weighted by atomic mass is 10.0. The fraction of sp³-hybridized carbons (Fsp3) is 0.417. The zero-order chi connectivity index (χ0) is 25.8. The highest BCUT2D eigenvalue weighted by Crippen LogP contribution is 2.37. The number of nitro benzene ring substituents is 1. The van der Waals surface area contributed by atoms with E-state index in [1.54, 1.807) is 50.2 Å². The predicted molar refractivity (Wildman–Crippen MR) is 131 cm³/mol. The lowest BCUT2D eigenvalue weighted by Gasteiger charge is -2.33. The van der Waals surface area contributed by atoms with Crippen molar-refractivity contribution in [1.82, 2.24) is 4.90 Å². The van der Waals surface area contributed by atoms with Crippen LogP contribution >= 0.6 is 0 Å². The number of nitrogens with one attached hydrogen (secondary N) is 1. The standard InChI is InChI=1S/C24H30FN5O5/c1-24(2,35-23(26)32)11-10-20(31)27-17-6-4-16(5-7-17)18-8-9-19(22(21(18)25)30(33)34)29-14-12-28(3)13-15-29/h4-9H,10-15H2,1-3H3,(H2,26,32)(H,27,31). The van der Waals surface area contributed by atoms with Crippen LogP contribution < -0.4 is 16.0 Å². The summed E-state index contributed by atoms with van der Waals surface area (Å²) in [6.45, 7) is 5.95. The molecule has 0 aliphatic carbocycles. The largest absolute Gasteiger partial charge is 0.444 e. The molecule has 35 heavy (non-hydrogen) atoms. The molecule has 3 rings (SSSR count). The molecule has 2 aromatic carbocycles. The van der Waals surface area contributed by atoms with Crippen LogP contribution in [0.3, 0.4) is 0 Å². The maximum absolute atomic E-state index is 15.3. The Morgan fingerprint density at radius 2 is 1.77 bits per heavy atom. The molecule has 1 heterocycles. The predicted octanol–water partition coefficient (Wildman–Crippen LogP) is 3.75. The third kappa shape index (κ3) is 6.66. The van der Waals surface area contributed by atoms with Crippen molar-refractivity contribution in [2.75, 3.05) is 43.4 Å². The lowest BCUT2D eigenvalue weighted by molar-refractivity contribution is -0.386. The molecule has 3 N–H and O–H groups in total. The number of piperazine rings is 1. The van der Waals surface area contributed by atoms with Gasteiger partial charge in [0.25, 0.3) is 0 Å². The van der Waals surface area contributed by atoms with Crippen molar-refractivity contribution >= 4 is 29.1 Å². The van der Waals surface area contributed by atoms with Gasteiger partial charge in [-0.05, 0) is 57.1 Å². The molecular weight excluding hydrogens is 457 g/mol. The minimum absolute atomic E-state index is 0.0939. The van der Waals surface area contributed by atoms with Crippen LogP contribution in [0.15, 0.2) is 36.4 Å². The molecule has 0 radical (unpaired) electrons. The monoisotopic (exact) mass is 487 g/mol. The second-order valence-corrected chi connectivity index (χ2v) is 9.15. The molecule has 0 unspecified atom stereocenters. The number of benzene rings is 2. The first kappa shape index (κ1) is 25.9. The molecule has 1 fully saturated rings. The number of nitrogens with zero attached hydrogens (tertiary/aromatic N) is 3. The highest BCUT2D eigenvalue weighted by atomic mass is 19.1. The first-order valence-electron chi connectivity index (χ1n) is 11.3. The van der Waals surface area contributed by atoms with Crippen molar-refractivity contribution < 1.29 is 23.6 Å². The van der Waals surface area contributed by atoms with Crippen molar-refractivity contribution in [2.45, 2.75) is 32.3 Å². The zero-order valence-electron chi connectivity index (χ0n) is 20.0. The van der Waals surface area contributed by atoms with E-state index in [2.05, 4.69) is 10.2 Å². The van der Waals surface area contributed by atoms with E-state index >= 15 is 4.39 Å². The Morgan fingerprint density at radius 3 is 2.34 bits per heavy atom. The number of amides is 2. The van der Waals surface area contributed by atoms with Crippen LogP contribution in [-0.4, -0.2) is 60.7 Å². The van der Waals surface area contributed by atoms with Crippen molar-refractivity contribution in [3.8, 4) is 11.1 Å². The molecule has 0 aromatic heterocycles. The lowest BCUT2D eigenvalue weighted by Crippen LogP contribution is -2.44. The summed E-state index contributed by atoms with van der Waals surface area (Å²) in [7, 11) is 1.97. The fourth-order valence-corrected chi connectivity index (χ4v) is 3.95. The molecule has 188 valence electrons. The van der Waals surface area contributed by atoms with Crippen LogP contribution in [0.2, 0.25) is 0 Å². The molecule has 0 saturated carbocycles. The highest BCUT2D eigenvalue weighted by molar-refractivity contribution is 5.91. The van der Waals surface area contributed by atoms with Crippen LogP contribution in [0, 0.1) is 15.9 Å². The van der Waals surface area contributed by atoms with Gasteiger partial charge in [-0.2, -0.15) is 4.39 Å². The van der Waals surface area contributed by atoms with Gasteiger partial charge in [-0.15, -0.1) is 0 Å². The number of halogens is 1. The topological polar surface area (TPSA) is 131 Å². The first-order chi connectivity index (χ1) is 16.5. The van der Waals surface area contributed by atoms with Gasteiger partial charge in [-0.3, -0.25) is 14.9 Å². The second kappa shape index (κ2) is 10.7. The SMILES string of the molecule is CN1CCN(c2ccc(-c3ccc(NC(=O)CCC(C)(C)OC(N)=O)cc3)c(F)c2[N+](=O)[O-])CC1. The van der Waals surface area contributed by atoms with E-state index in [-0.39, 0.29) is 30.0 Å². The quantitative estimate of drug-likeness (QED) is 0.428. The molecular formula is C24H30FN5O5. The van der Waals surface area contributed by atoms with Crippen LogP contribution in [-0.2, 0) is 9.53 Å². The van der Waals surface area contributed by atoms with Crippen molar-refractivity contribution in [3.05, 3.63) is 52.3 Å². The van der Waals surface area contributed by atoms with E-state index < -0.39 is 28.1 Å². The Labute approximate surface area is 203 Å². The molecule has 0 bridgehead atoms. The maximum atomic E-state index is 15.3. The van der Waals surface area contributed by atoms with Crippen molar-refractivity contribution in [2.24, 2.45) is 5.73 Å². The van der Waals surface area contributed by atoms with E-state index in [0.717, 1.165) is 13.1 Å². The smallest absolute Gasteiger partial charge is 0.405 e. The van der Waals surface area contributed by atoms with E-state index in [1.165, 1.54) is 0 Å². The maximum Gasteiger partial charge on any atom is 0.405 e. The van der Waals surface area contributed by atoms with Gasteiger partial charge < -0.3 is 25.6 Å². The molecule has 1 aliphatic rings. The van der Waals surface area contributed by atoms with Gasteiger partial charge in [-0.25, -0.2) is 4.79 Å². The number of nitrogens with two attached hydrogens (primary N) is 1. The minimum Gasteiger partial charge on any atom is -0.444 e. The van der Waals surface area contributed by atoms with E-state index in [0.29, 0.717) is 24.3 Å². The number of carbonyl (C=O) groups excluding carboxylic acids is 2. The van der Waals surface area contributed by atoms with Crippen LogP contribution in [0.4, 0.5) is 26.2 Å². The summed E-state index contributed by atoms with van der Waals surface area (Å²) < 4.78 is 20.3. The van der Waals surface area contributed by atoms with E-state index in [1.807, 2.05) is 11.9 Å². The minimum atomic E-state index is -0.907. The van der Waals surface area contributed by atoms with Crippen molar-refractivity contribution in [3.63, 3.8) is 0 Å². The number of hydrogen-bond acceptors (Lipinski definition) is 7. The average molecular weight is 488 g/mol. The van der Waals surface area contributed by atoms with Crippen LogP contribution in [0.25, 0.3) is 11.1 Å². The fourth-order valence-electron chi connectivity index (χ4n) is 3.95. The van der Waals surface area contributed by atoms with Crippen LogP contribution in [0.5, 0.6) is 0 Å². The molecule has 0 spiro atoms. The molecule has 2 amide bonds. The summed E-state index contributed by atoms with van der Waals surface area (Å²) in [6, 6.07) is 9.51. The Kier molecular flexibility index (Phi) is 7.90. The van der Waals surface area contributed by atoms with Gasteiger partial charge in [-0.1, -0.05) is 12.1 Å². The summed E-state index contributed by atoms with van der Waals surface area (Å²) in [5.41, 5.74) is 4.93. The molecule has 11 heteroatoms. The molecule has 0 atom stereocenters. The number of likely N-dealkylation sites (N-methyl/N-ethyl adjacent to an activating group) is 1. The summed E-state index contributed by atoms with van der Waals surface area (Å²) >= 11 is 0. The summed E-state index contributed by atoms with van der Waals surface area (Å²) in [6.07, 6.45) is -0.541. The average Bonchev–Trinajstić information content (AvgIpc) is 2.78. The second-order valence-electron chi connectivity index (χ2n) is 9.15. The van der Waals surface area contributed by atoms with Crippen molar-refractivity contribution in [1.29, 1.82) is 0 Å². The Bertz CT molecular complexity index is 1100. The first-order valence-corrected chi connectivity index (χ1v) is 11.3. The molecule has 1 aliphatic heterocycles.